The number of halogens is 1. The molecule has 0 radical (unpaired) electrons. The second-order valence-corrected chi connectivity index (χ2v) is 4.62. The number of rotatable bonds is 2. The second-order valence-electron chi connectivity index (χ2n) is 4.62. The van der Waals surface area contributed by atoms with Crippen LogP contribution in [0.25, 0.3) is 21.9 Å². The fraction of sp³-hybridized carbons (Fsp3) is 0.0588. The summed E-state index contributed by atoms with van der Waals surface area (Å²) in [5, 5.41) is 1.91. The van der Waals surface area contributed by atoms with Crippen LogP contribution in [0, 0.1) is 5.82 Å². The number of ether oxygens (including phenoxy) is 1. The van der Waals surface area contributed by atoms with E-state index in [1.807, 2.05) is 24.3 Å². The summed E-state index contributed by atoms with van der Waals surface area (Å²) in [6, 6.07) is 11.8. The van der Waals surface area contributed by atoms with Gasteiger partial charge in [0.25, 0.3) is 0 Å². The zero-order valence-electron chi connectivity index (χ0n) is 11.3. The van der Waals surface area contributed by atoms with Gasteiger partial charge in [-0.05, 0) is 40.8 Å². The Kier molecular flexibility index (Phi) is 3.36. The molecule has 3 rings (SSSR count). The molecular weight excluding hydrogens is 269 g/mol. The summed E-state index contributed by atoms with van der Waals surface area (Å²) in [5.74, 6) is -1.03. The van der Waals surface area contributed by atoms with E-state index in [0.29, 0.717) is 5.56 Å². The number of nitrogens with zero attached hydrogens (tertiary/aromatic N) is 1. The fourth-order valence-corrected chi connectivity index (χ4v) is 2.36. The molecule has 0 aliphatic rings. The molecule has 2 aromatic carbocycles. The summed E-state index contributed by atoms with van der Waals surface area (Å²) in [7, 11) is 1.27. The summed E-state index contributed by atoms with van der Waals surface area (Å²) in [6.45, 7) is 0. The van der Waals surface area contributed by atoms with Gasteiger partial charge in [-0.2, -0.15) is 0 Å². The maximum absolute atomic E-state index is 13.8. The van der Waals surface area contributed by atoms with Gasteiger partial charge in [-0.15, -0.1) is 0 Å². The van der Waals surface area contributed by atoms with E-state index in [1.165, 1.54) is 19.2 Å². The van der Waals surface area contributed by atoms with Crippen molar-refractivity contribution in [2.45, 2.75) is 0 Å². The molecule has 0 amide bonds. The summed E-state index contributed by atoms with van der Waals surface area (Å²) < 4.78 is 18.4. The number of benzene rings is 2. The van der Waals surface area contributed by atoms with Crippen LogP contribution < -0.4 is 0 Å². The van der Waals surface area contributed by atoms with Crippen LogP contribution in [0.15, 0.2) is 54.9 Å². The molecule has 0 saturated carbocycles. The van der Waals surface area contributed by atoms with Crippen LogP contribution in [0.2, 0.25) is 0 Å². The van der Waals surface area contributed by atoms with E-state index >= 15 is 0 Å². The molecule has 0 atom stereocenters. The molecule has 0 N–H and O–H groups in total. The lowest BCUT2D eigenvalue weighted by Crippen LogP contribution is -2.02. The Morgan fingerprint density at radius 3 is 2.86 bits per heavy atom. The summed E-state index contributed by atoms with van der Waals surface area (Å²) in [5.41, 5.74) is 1.67. The van der Waals surface area contributed by atoms with Gasteiger partial charge in [-0.25, -0.2) is 9.18 Å². The van der Waals surface area contributed by atoms with Crippen molar-refractivity contribution in [2.24, 2.45) is 0 Å². The number of fused-ring (bicyclic) bond motifs is 1. The van der Waals surface area contributed by atoms with Crippen LogP contribution in [-0.2, 0) is 4.74 Å². The van der Waals surface area contributed by atoms with Crippen molar-refractivity contribution < 1.29 is 13.9 Å². The van der Waals surface area contributed by atoms with Crippen molar-refractivity contribution in [3.63, 3.8) is 0 Å². The maximum atomic E-state index is 13.8. The third-order valence-corrected chi connectivity index (χ3v) is 3.31. The van der Waals surface area contributed by atoms with Gasteiger partial charge in [0, 0.05) is 17.8 Å². The van der Waals surface area contributed by atoms with E-state index in [1.54, 1.807) is 18.5 Å². The predicted octanol–water partition coefficient (Wildman–Crippen LogP) is 3.83. The van der Waals surface area contributed by atoms with Gasteiger partial charge in [-0.1, -0.05) is 18.2 Å². The van der Waals surface area contributed by atoms with Gasteiger partial charge >= 0.3 is 5.97 Å². The smallest absolute Gasteiger partial charge is 0.337 e. The third kappa shape index (κ3) is 2.48. The highest BCUT2D eigenvalue weighted by molar-refractivity contribution is 5.98. The highest BCUT2D eigenvalue weighted by atomic mass is 19.1. The first-order valence-corrected chi connectivity index (χ1v) is 6.41. The van der Waals surface area contributed by atoms with Gasteiger partial charge in [0.15, 0.2) is 0 Å². The van der Waals surface area contributed by atoms with Gasteiger partial charge in [-0.3, -0.25) is 4.98 Å². The first-order valence-electron chi connectivity index (χ1n) is 6.41. The van der Waals surface area contributed by atoms with E-state index in [-0.39, 0.29) is 5.56 Å². The fourth-order valence-electron chi connectivity index (χ4n) is 2.36. The molecule has 3 aromatic rings. The number of methoxy groups -OCH3 is 1. The minimum atomic E-state index is -0.558. The van der Waals surface area contributed by atoms with Crippen LogP contribution in [0.4, 0.5) is 4.39 Å². The summed E-state index contributed by atoms with van der Waals surface area (Å²) in [4.78, 5) is 15.7. The molecule has 3 nitrogen and oxygen atoms in total. The SMILES string of the molecule is COC(=O)c1cc(F)cc(-c2cccc3cnccc23)c1. The Morgan fingerprint density at radius 2 is 2.05 bits per heavy atom. The minimum Gasteiger partial charge on any atom is -0.465 e. The second kappa shape index (κ2) is 5.32. The lowest BCUT2D eigenvalue weighted by Gasteiger charge is -2.08. The van der Waals surface area contributed by atoms with E-state index in [9.17, 15) is 9.18 Å². The van der Waals surface area contributed by atoms with E-state index in [2.05, 4.69) is 9.72 Å². The molecule has 0 saturated heterocycles. The summed E-state index contributed by atoms with van der Waals surface area (Å²) >= 11 is 0. The maximum Gasteiger partial charge on any atom is 0.337 e. The predicted molar refractivity (Wildman–Crippen MR) is 78.5 cm³/mol. The molecule has 0 bridgehead atoms. The third-order valence-electron chi connectivity index (χ3n) is 3.31. The van der Waals surface area contributed by atoms with Gasteiger partial charge in [0.05, 0.1) is 12.7 Å². The lowest BCUT2D eigenvalue weighted by molar-refractivity contribution is 0.0600. The van der Waals surface area contributed by atoms with Crippen molar-refractivity contribution in [3.8, 4) is 11.1 Å². The number of hydrogen-bond donors (Lipinski definition) is 0. The van der Waals surface area contributed by atoms with Crippen LogP contribution >= 0.6 is 0 Å². The van der Waals surface area contributed by atoms with Crippen molar-refractivity contribution in [3.05, 3.63) is 66.2 Å². The normalized spacial score (nSPS) is 10.6. The van der Waals surface area contributed by atoms with Crippen LogP contribution in [-0.4, -0.2) is 18.1 Å². The van der Waals surface area contributed by atoms with Crippen molar-refractivity contribution in [1.29, 1.82) is 0 Å². The Hall–Kier alpha value is -2.75. The molecule has 21 heavy (non-hydrogen) atoms. The van der Waals surface area contributed by atoms with E-state index in [0.717, 1.165) is 16.3 Å². The number of hydrogen-bond acceptors (Lipinski definition) is 3. The number of pyridine rings is 1. The van der Waals surface area contributed by atoms with Gasteiger partial charge in [0.1, 0.15) is 5.82 Å². The molecule has 104 valence electrons. The zero-order valence-corrected chi connectivity index (χ0v) is 11.3. The van der Waals surface area contributed by atoms with Crippen molar-refractivity contribution in [1.82, 2.24) is 4.98 Å². The first kappa shape index (κ1) is 13.2. The average molecular weight is 281 g/mol. The molecule has 4 heteroatoms. The Morgan fingerprint density at radius 1 is 1.19 bits per heavy atom. The monoisotopic (exact) mass is 281 g/mol. The Bertz CT molecular complexity index is 825. The van der Waals surface area contributed by atoms with Gasteiger partial charge < -0.3 is 4.74 Å². The summed E-state index contributed by atoms with van der Waals surface area (Å²) in [6.07, 6.45) is 3.44. The molecule has 0 fully saturated rings. The molecular formula is C17H12FNO2. The van der Waals surface area contributed by atoms with E-state index in [4.69, 9.17) is 0 Å². The average Bonchev–Trinajstić information content (AvgIpc) is 2.53. The van der Waals surface area contributed by atoms with E-state index < -0.39 is 11.8 Å². The van der Waals surface area contributed by atoms with Crippen molar-refractivity contribution >= 4 is 16.7 Å². The number of carbonyl (C=O) groups excluding carboxylic acids is 1. The Balaban J connectivity index is 2.23. The topological polar surface area (TPSA) is 39.2 Å². The zero-order chi connectivity index (χ0) is 14.8. The largest absolute Gasteiger partial charge is 0.465 e. The Labute approximate surface area is 121 Å². The number of aromatic nitrogens is 1. The molecule has 0 spiro atoms. The first-order chi connectivity index (χ1) is 10.2. The molecule has 1 aromatic heterocycles. The van der Waals surface area contributed by atoms with Crippen LogP contribution in [0.3, 0.4) is 0 Å². The van der Waals surface area contributed by atoms with Crippen molar-refractivity contribution in [2.75, 3.05) is 7.11 Å². The number of carbonyl (C=O) groups is 1. The molecule has 0 aliphatic carbocycles. The number of esters is 1. The molecule has 1 heterocycles. The highest BCUT2D eigenvalue weighted by Gasteiger charge is 2.11. The lowest BCUT2D eigenvalue weighted by atomic mass is 9.98. The van der Waals surface area contributed by atoms with Crippen LogP contribution in [0.1, 0.15) is 10.4 Å². The minimum absolute atomic E-state index is 0.193. The van der Waals surface area contributed by atoms with Gasteiger partial charge in [0.2, 0.25) is 0 Å². The quantitative estimate of drug-likeness (QED) is 0.670. The standard InChI is InChI=1S/C17H12FNO2/c1-21-17(20)13-7-12(8-14(18)9-13)15-4-2-3-11-10-19-6-5-16(11)15/h2-10H,1H3. The molecule has 0 unspecified atom stereocenters. The molecule has 0 aliphatic heterocycles. The highest BCUT2D eigenvalue weighted by Crippen LogP contribution is 2.29. The van der Waals surface area contributed by atoms with Crippen LogP contribution in [0.5, 0.6) is 0 Å².